The normalized spacial score (nSPS) is 10.8. The van der Waals surface area contributed by atoms with Crippen LogP contribution in [0.25, 0.3) is 5.57 Å². The van der Waals surface area contributed by atoms with Crippen molar-refractivity contribution in [2.24, 2.45) is 0 Å². The summed E-state index contributed by atoms with van der Waals surface area (Å²) in [6.07, 6.45) is 1.21. The van der Waals surface area contributed by atoms with E-state index >= 15 is 0 Å². The topological polar surface area (TPSA) is 154 Å². The Morgan fingerprint density at radius 2 is 2.40 bits per heavy atom. The summed E-state index contributed by atoms with van der Waals surface area (Å²) in [6, 6.07) is 5.30. The summed E-state index contributed by atoms with van der Waals surface area (Å²) >= 11 is 0. The van der Waals surface area contributed by atoms with Gasteiger partial charge in [0.25, 0.3) is 5.69 Å². The molecule has 1 heterocycles. The van der Waals surface area contributed by atoms with Crippen LogP contribution in [0.3, 0.4) is 0 Å². The van der Waals surface area contributed by atoms with Gasteiger partial charge in [0.1, 0.15) is 17.4 Å². The van der Waals surface area contributed by atoms with Gasteiger partial charge in [0.2, 0.25) is 5.82 Å². The largest absolute Gasteiger partial charge is 0.506 e. The number of benzene rings is 1. The first-order valence-corrected chi connectivity index (χ1v) is 5.20. The van der Waals surface area contributed by atoms with Gasteiger partial charge in [-0.15, -0.1) is 10.2 Å². The number of aromatic hydroxyl groups is 1. The van der Waals surface area contributed by atoms with Crippen molar-refractivity contribution in [3.63, 3.8) is 0 Å². The minimum atomic E-state index is -0.598. The van der Waals surface area contributed by atoms with Gasteiger partial charge in [0, 0.05) is 18.3 Å². The Bertz CT molecular complexity index is 702. The van der Waals surface area contributed by atoms with E-state index in [1.165, 1.54) is 12.3 Å². The maximum absolute atomic E-state index is 10.6. The standard InChI is InChI=1S/C10H7N7O3/c11-4-6(10-13-15-16-14-10)5-12-8-3-7(17(19)20)1-2-9(8)18/h1-3,5,12,18H,(H,13,14,15,16). The second-order valence-corrected chi connectivity index (χ2v) is 3.51. The van der Waals surface area contributed by atoms with Crippen LogP contribution in [0.5, 0.6) is 5.75 Å². The van der Waals surface area contributed by atoms with E-state index in [0.29, 0.717) is 0 Å². The van der Waals surface area contributed by atoms with Crippen LogP contribution in [0.1, 0.15) is 5.82 Å². The number of anilines is 1. The number of phenols is 1. The van der Waals surface area contributed by atoms with E-state index < -0.39 is 4.92 Å². The van der Waals surface area contributed by atoms with E-state index in [9.17, 15) is 15.2 Å². The fourth-order valence-corrected chi connectivity index (χ4v) is 1.33. The van der Waals surface area contributed by atoms with Crippen molar-refractivity contribution >= 4 is 16.9 Å². The first-order valence-electron chi connectivity index (χ1n) is 5.20. The number of rotatable bonds is 4. The predicted molar refractivity (Wildman–Crippen MR) is 66.2 cm³/mol. The van der Waals surface area contributed by atoms with Crippen LogP contribution in [0.2, 0.25) is 0 Å². The van der Waals surface area contributed by atoms with Gasteiger partial charge in [0.15, 0.2) is 0 Å². The SMILES string of the molecule is N#CC(=CNc1cc([N+](=O)[O-])ccc1O)c1nn[nH]n1. The summed E-state index contributed by atoms with van der Waals surface area (Å²) in [5.41, 5.74) is -0.0723. The zero-order chi connectivity index (χ0) is 14.5. The molecular weight excluding hydrogens is 266 g/mol. The Kier molecular flexibility index (Phi) is 3.53. The molecule has 0 saturated carbocycles. The van der Waals surface area contributed by atoms with Crippen molar-refractivity contribution in [1.82, 2.24) is 20.6 Å². The molecule has 1 aromatic carbocycles. The summed E-state index contributed by atoms with van der Waals surface area (Å²) in [4.78, 5) is 10.0. The van der Waals surface area contributed by atoms with E-state index in [4.69, 9.17) is 5.26 Å². The van der Waals surface area contributed by atoms with Gasteiger partial charge in [-0.3, -0.25) is 10.1 Å². The molecule has 1 aromatic heterocycles. The highest BCUT2D eigenvalue weighted by atomic mass is 16.6. The smallest absolute Gasteiger partial charge is 0.271 e. The maximum Gasteiger partial charge on any atom is 0.271 e. The second-order valence-electron chi connectivity index (χ2n) is 3.51. The van der Waals surface area contributed by atoms with Crippen molar-refractivity contribution in [2.75, 3.05) is 5.32 Å². The van der Waals surface area contributed by atoms with E-state index in [2.05, 4.69) is 25.9 Å². The monoisotopic (exact) mass is 273 g/mol. The van der Waals surface area contributed by atoms with Crippen LogP contribution in [-0.2, 0) is 0 Å². The van der Waals surface area contributed by atoms with E-state index in [1.807, 2.05) is 6.07 Å². The molecule has 0 atom stereocenters. The quantitative estimate of drug-likeness (QED) is 0.319. The van der Waals surface area contributed by atoms with Gasteiger partial charge < -0.3 is 10.4 Å². The molecule has 0 spiro atoms. The lowest BCUT2D eigenvalue weighted by Crippen LogP contribution is -1.95. The molecule has 10 heteroatoms. The number of non-ortho nitro benzene ring substituents is 1. The first-order chi connectivity index (χ1) is 9.61. The number of nitrogens with zero attached hydrogens (tertiary/aromatic N) is 5. The van der Waals surface area contributed by atoms with Crippen molar-refractivity contribution in [2.45, 2.75) is 0 Å². The van der Waals surface area contributed by atoms with Crippen LogP contribution >= 0.6 is 0 Å². The maximum atomic E-state index is 10.6. The number of hydrogen-bond acceptors (Lipinski definition) is 8. The molecular formula is C10H7N7O3. The number of nitro groups is 1. The lowest BCUT2D eigenvalue weighted by Gasteiger charge is -2.03. The lowest BCUT2D eigenvalue weighted by molar-refractivity contribution is -0.384. The molecule has 2 rings (SSSR count). The number of H-pyrrole nitrogens is 1. The Morgan fingerprint density at radius 1 is 1.60 bits per heavy atom. The second kappa shape index (κ2) is 5.44. The fraction of sp³-hybridized carbons (Fsp3) is 0. The molecule has 2 aromatic rings. The zero-order valence-corrected chi connectivity index (χ0v) is 9.81. The van der Waals surface area contributed by atoms with Crippen LogP contribution in [0.15, 0.2) is 24.4 Å². The molecule has 100 valence electrons. The Balaban J connectivity index is 2.28. The van der Waals surface area contributed by atoms with E-state index in [0.717, 1.165) is 12.1 Å². The van der Waals surface area contributed by atoms with Gasteiger partial charge in [-0.2, -0.15) is 10.5 Å². The first kappa shape index (κ1) is 13.0. The summed E-state index contributed by atoms with van der Waals surface area (Å²) in [5, 5.41) is 44.5. The van der Waals surface area contributed by atoms with Gasteiger partial charge in [-0.25, -0.2) is 0 Å². The molecule has 10 nitrogen and oxygen atoms in total. The average molecular weight is 273 g/mol. The summed E-state index contributed by atoms with van der Waals surface area (Å²) in [6.45, 7) is 0. The highest BCUT2D eigenvalue weighted by Crippen LogP contribution is 2.28. The van der Waals surface area contributed by atoms with E-state index in [1.54, 1.807) is 0 Å². The Morgan fingerprint density at radius 3 is 3.00 bits per heavy atom. The number of aromatic amines is 1. The summed E-state index contributed by atoms with van der Waals surface area (Å²) in [5.74, 6) is -0.137. The minimum Gasteiger partial charge on any atom is -0.506 e. The van der Waals surface area contributed by atoms with Gasteiger partial charge in [-0.1, -0.05) is 0 Å². The molecule has 3 N–H and O–H groups in total. The number of nitriles is 1. The predicted octanol–water partition coefficient (Wildman–Crippen LogP) is 0.790. The lowest BCUT2D eigenvalue weighted by atomic mass is 10.2. The number of phenolic OH excluding ortho intramolecular Hbond substituents is 1. The van der Waals surface area contributed by atoms with Crippen LogP contribution in [-0.4, -0.2) is 30.7 Å². The van der Waals surface area contributed by atoms with Gasteiger partial charge >= 0.3 is 0 Å². The molecule has 0 fully saturated rings. The molecule has 0 unspecified atom stereocenters. The van der Waals surface area contributed by atoms with Gasteiger partial charge in [-0.05, 0) is 11.3 Å². The number of tetrazole rings is 1. The summed E-state index contributed by atoms with van der Waals surface area (Å²) < 4.78 is 0. The van der Waals surface area contributed by atoms with Crippen molar-refractivity contribution in [3.8, 4) is 11.8 Å². The third-order valence-electron chi connectivity index (χ3n) is 2.27. The molecule has 20 heavy (non-hydrogen) atoms. The number of nitrogens with one attached hydrogen (secondary N) is 2. The molecule has 0 saturated heterocycles. The third kappa shape index (κ3) is 2.67. The molecule has 0 aliphatic rings. The van der Waals surface area contributed by atoms with Crippen molar-refractivity contribution in [1.29, 1.82) is 5.26 Å². The molecule has 0 aliphatic heterocycles. The average Bonchev–Trinajstić information content (AvgIpc) is 2.95. The summed E-state index contributed by atoms with van der Waals surface area (Å²) in [7, 11) is 0. The Hall–Kier alpha value is -3.48. The molecule has 0 amide bonds. The van der Waals surface area contributed by atoms with Gasteiger partial charge in [0.05, 0.1) is 10.6 Å². The fourth-order valence-electron chi connectivity index (χ4n) is 1.33. The number of aromatic nitrogens is 4. The highest BCUT2D eigenvalue weighted by molar-refractivity contribution is 5.75. The molecule has 0 bridgehead atoms. The molecule has 0 radical (unpaired) electrons. The van der Waals surface area contributed by atoms with Crippen LogP contribution < -0.4 is 5.32 Å². The highest BCUT2D eigenvalue weighted by Gasteiger charge is 2.10. The number of allylic oxidation sites excluding steroid dienone is 1. The minimum absolute atomic E-state index is 0.0460. The number of nitro benzene ring substituents is 1. The van der Waals surface area contributed by atoms with Crippen molar-refractivity contribution < 1.29 is 10.0 Å². The Labute approximate surface area is 111 Å². The van der Waals surface area contributed by atoms with Crippen LogP contribution in [0, 0.1) is 21.4 Å². The zero-order valence-electron chi connectivity index (χ0n) is 9.81. The third-order valence-corrected chi connectivity index (χ3v) is 2.27. The van der Waals surface area contributed by atoms with Crippen LogP contribution in [0.4, 0.5) is 11.4 Å². The molecule has 0 aliphatic carbocycles. The number of hydrogen-bond donors (Lipinski definition) is 3. The van der Waals surface area contributed by atoms with E-state index in [-0.39, 0.29) is 28.5 Å². The van der Waals surface area contributed by atoms with Crippen molar-refractivity contribution in [3.05, 3.63) is 40.3 Å².